The van der Waals surface area contributed by atoms with Crippen LogP contribution in [0.15, 0.2) is 0 Å². The molecule has 0 fully saturated rings. The topological polar surface area (TPSA) is 942 Å². The molecular formula is H33Na3O48P12. The van der Waals surface area contributed by atoms with Gasteiger partial charge >= 0.3 is 175 Å². The summed E-state index contributed by atoms with van der Waals surface area (Å²) in [5.74, 6) is 0. The standard InChI is InChI=1S/3Na.12H3O4P/c;;;12*1-5(2,3)4/h;;;12*(H3,1,2,3,4)/q3*+1;;;;;;;;;;;;/p-3. The monoisotopic (exact) mass is 1240 g/mol. The first-order valence-corrected chi connectivity index (χ1v) is 28.0. The quantitative estimate of drug-likeness (QED) is 0.0791. The van der Waals surface area contributed by atoms with Gasteiger partial charge in [0.15, 0.2) is 0 Å². The molecule has 0 aliphatic rings. The molecule has 0 saturated carbocycles. The fourth-order valence-corrected chi connectivity index (χ4v) is 0. The molecule has 0 amide bonds. The fraction of sp³-hybridized carbons (Fsp3) is 0. The van der Waals surface area contributed by atoms with Crippen LogP contribution < -0.4 is 103 Å². The predicted octanol–water partition coefficient (Wildman–Crippen LogP) is -22.0. The Morgan fingerprint density at radius 3 is 0.159 bits per heavy atom. The van der Waals surface area contributed by atoms with Crippen molar-refractivity contribution < 1.29 is 320 Å². The second kappa shape index (κ2) is 48.6. The molecule has 0 radical (unpaired) electrons. The van der Waals surface area contributed by atoms with E-state index in [0.29, 0.717) is 0 Å². The van der Waals surface area contributed by atoms with E-state index in [4.69, 9.17) is 231 Å². The summed E-state index contributed by atoms with van der Waals surface area (Å²) < 4.78 is 106. The number of phosphoric acid groups is 12. The van der Waals surface area contributed by atoms with Gasteiger partial charge in [0.1, 0.15) is 0 Å². The van der Waals surface area contributed by atoms with Crippen LogP contribution in [0.25, 0.3) is 0 Å². The third-order valence-corrected chi connectivity index (χ3v) is 0. The van der Waals surface area contributed by atoms with Gasteiger partial charge in [0.05, 0.1) is 0 Å². The number of hydrogen-bond acceptors (Lipinski definition) is 15. The summed E-state index contributed by atoms with van der Waals surface area (Å²) in [5, 5.41) is 0. The summed E-state index contributed by atoms with van der Waals surface area (Å²) in [4.78, 5) is 263. The van der Waals surface area contributed by atoms with Crippen molar-refractivity contribution in [2.45, 2.75) is 0 Å². The zero-order valence-electron chi connectivity index (χ0n) is 29.2. The molecule has 0 saturated heterocycles. The van der Waals surface area contributed by atoms with Gasteiger partial charge in [-0.2, -0.15) is 7.82 Å². The Morgan fingerprint density at radius 2 is 0.159 bits per heavy atom. The largest absolute Gasteiger partial charge is 1.00 e. The zero-order valence-corrected chi connectivity index (χ0v) is 46.0. The molecule has 48 nitrogen and oxygen atoms in total. The van der Waals surface area contributed by atoms with Crippen LogP contribution in [0.4, 0.5) is 0 Å². The van der Waals surface area contributed by atoms with E-state index < -0.39 is 93.9 Å². The maximum absolute atomic E-state index is 8.88. The minimum Gasteiger partial charge on any atom is -0.822 e. The number of rotatable bonds is 0. The summed E-state index contributed by atoms with van der Waals surface area (Å²) in [6.45, 7) is 0. The average molecular weight is 1240 g/mol. The molecule has 0 unspecified atom stereocenters. The van der Waals surface area contributed by atoms with Gasteiger partial charge in [-0.05, 0) is 0 Å². The van der Waals surface area contributed by atoms with E-state index in [9.17, 15) is 0 Å². The Balaban J connectivity index is -0.0000000306. The Hall–Kier alpha value is 4.32. The van der Waals surface area contributed by atoms with Gasteiger partial charge in [0.25, 0.3) is 0 Å². The summed E-state index contributed by atoms with van der Waals surface area (Å²) in [5.41, 5.74) is 0. The molecular weight excluding hydrogens is 1210 g/mol. The third kappa shape index (κ3) is 14700. The van der Waals surface area contributed by atoms with Gasteiger partial charge in [-0.1, -0.05) is 0 Å². The summed E-state index contributed by atoms with van der Waals surface area (Å²) >= 11 is 0. The van der Waals surface area contributed by atoms with Gasteiger partial charge in [-0.15, -0.1) is 0 Å². The molecule has 33 N–H and O–H groups in total. The number of hydrogen-bond donors (Lipinski definition) is 33. The van der Waals surface area contributed by atoms with Crippen LogP contribution >= 0.6 is 93.9 Å². The van der Waals surface area contributed by atoms with Crippen LogP contribution in [0.1, 0.15) is 0 Å². The smallest absolute Gasteiger partial charge is 0.822 e. The SMILES string of the molecule is O=P(O)(O)O.O=P(O)(O)O.O=P(O)(O)O.O=P(O)(O)O.O=P(O)(O)O.O=P(O)(O)O.O=P(O)(O)O.O=P(O)(O)O.O=P(O)(O)O.O=P(O)(O)O.O=P(O)(O)O.O=P([O-])([O-])[O-].[Na+].[Na+].[Na+]. The minimum atomic E-state index is -5.39. The molecule has 63 heavy (non-hydrogen) atoms. The van der Waals surface area contributed by atoms with Gasteiger partial charge in [0, 0.05) is 0 Å². The Labute approximate surface area is 410 Å². The van der Waals surface area contributed by atoms with E-state index in [1.807, 2.05) is 0 Å². The van der Waals surface area contributed by atoms with E-state index in [-0.39, 0.29) is 88.7 Å². The molecule has 0 aromatic carbocycles. The van der Waals surface area contributed by atoms with Crippen LogP contribution in [0.5, 0.6) is 0 Å². The molecule has 0 rings (SSSR count). The fourth-order valence-electron chi connectivity index (χ4n) is 0. The summed E-state index contributed by atoms with van der Waals surface area (Å²) in [7, 11) is -56.4. The van der Waals surface area contributed by atoms with E-state index in [1.54, 1.807) is 0 Å². The first-order chi connectivity index (χ1) is 24.0. The molecule has 63 heteroatoms. The van der Waals surface area contributed by atoms with E-state index in [1.165, 1.54) is 0 Å². The van der Waals surface area contributed by atoms with Crippen molar-refractivity contribution in [3.8, 4) is 0 Å². The predicted molar refractivity (Wildman–Crippen MR) is 164 cm³/mol. The van der Waals surface area contributed by atoms with Gasteiger partial charge in [-0.25, -0.2) is 50.2 Å². The van der Waals surface area contributed by atoms with E-state index in [2.05, 4.69) is 0 Å². The van der Waals surface area contributed by atoms with Crippen molar-refractivity contribution in [1.29, 1.82) is 0 Å². The summed E-state index contributed by atoms with van der Waals surface area (Å²) in [6.07, 6.45) is 0. The molecule has 0 atom stereocenters. The Bertz CT molecular complexity index is 1040. The molecule has 0 bridgehead atoms. The van der Waals surface area contributed by atoms with Crippen molar-refractivity contribution >= 4 is 93.9 Å². The molecule has 0 aliphatic heterocycles. The van der Waals surface area contributed by atoms with Gasteiger partial charge < -0.3 is 181 Å². The van der Waals surface area contributed by atoms with E-state index >= 15 is 0 Å². The Kier molecular flexibility index (Phi) is 83.4. The van der Waals surface area contributed by atoms with Crippen molar-refractivity contribution in [3.05, 3.63) is 0 Å². The van der Waals surface area contributed by atoms with Crippen LogP contribution in [-0.4, -0.2) is 161 Å². The zero-order chi connectivity index (χ0) is 54.0. The van der Waals surface area contributed by atoms with Crippen molar-refractivity contribution in [2.75, 3.05) is 0 Å². The normalized spacial score (nSPS) is 11.2. The molecule has 0 aromatic rings. The maximum atomic E-state index is 8.88. The minimum absolute atomic E-state index is 0. The summed E-state index contributed by atoms with van der Waals surface area (Å²) in [6, 6.07) is 0. The molecule has 0 heterocycles. The van der Waals surface area contributed by atoms with Gasteiger partial charge in [-0.3, -0.25) is 0 Å². The van der Waals surface area contributed by atoms with Crippen molar-refractivity contribution in [3.63, 3.8) is 0 Å². The average Bonchev–Trinajstić information content (AvgIpc) is 2.48. The van der Waals surface area contributed by atoms with Crippen molar-refractivity contribution in [1.82, 2.24) is 0 Å². The second-order valence-corrected chi connectivity index (χ2v) is 18.3. The van der Waals surface area contributed by atoms with Crippen LogP contribution in [0.2, 0.25) is 0 Å². The molecule has 0 aliphatic carbocycles. The Morgan fingerprint density at radius 1 is 0.159 bits per heavy atom. The van der Waals surface area contributed by atoms with Crippen LogP contribution in [0, 0.1) is 0 Å². The first-order valence-electron chi connectivity index (χ1n) is 9.34. The maximum Gasteiger partial charge on any atom is 1.00 e. The molecule has 384 valence electrons. The van der Waals surface area contributed by atoms with Crippen LogP contribution in [0.3, 0.4) is 0 Å². The van der Waals surface area contributed by atoms with E-state index in [0.717, 1.165) is 0 Å². The molecule has 0 aromatic heterocycles. The van der Waals surface area contributed by atoms with Crippen LogP contribution in [-0.2, 0) is 54.8 Å². The third-order valence-electron chi connectivity index (χ3n) is 0. The second-order valence-electron chi connectivity index (χ2n) is 6.09. The van der Waals surface area contributed by atoms with Crippen molar-refractivity contribution in [2.24, 2.45) is 0 Å². The first kappa shape index (κ1) is 108. The molecule has 0 spiro atoms. The van der Waals surface area contributed by atoms with Gasteiger partial charge in [0.2, 0.25) is 0 Å².